The highest BCUT2D eigenvalue weighted by atomic mass is 32.2. The average Bonchev–Trinajstić information content (AvgIpc) is 2.91. The van der Waals surface area contributed by atoms with Crippen LogP contribution in [0.5, 0.6) is 0 Å². The Labute approximate surface area is 120 Å². The van der Waals surface area contributed by atoms with Crippen molar-refractivity contribution in [1.82, 2.24) is 10.6 Å². The van der Waals surface area contributed by atoms with Crippen molar-refractivity contribution in [3.63, 3.8) is 0 Å². The van der Waals surface area contributed by atoms with Gasteiger partial charge >= 0.3 is 0 Å². The molecule has 0 bridgehead atoms. The lowest BCUT2D eigenvalue weighted by Gasteiger charge is -2.22. The van der Waals surface area contributed by atoms with E-state index in [-0.39, 0.29) is 5.91 Å². The molecule has 0 radical (unpaired) electrons. The van der Waals surface area contributed by atoms with Gasteiger partial charge in [0.1, 0.15) is 0 Å². The zero-order valence-corrected chi connectivity index (χ0v) is 12.6. The van der Waals surface area contributed by atoms with Gasteiger partial charge in [0.05, 0.1) is 11.9 Å². The standard InChI is InChI=1S/C14H26N2O2S/c1-2-13-11(5-8-18-13)9-16-14(17)10-19-12-3-6-15-7-4-12/h11-13,15H,2-10H2,1H3,(H,16,17). The fourth-order valence-corrected chi connectivity index (χ4v) is 3.89. The smallest absolute Gasteiger partial charge is 0.230 e. The number of nitrogens with one attached hydrogen (secondary N) is 2. The Bertz CT molecular complexity index is 283. The molecule has 19 heavy (non-hydrogen) atoms. The quantitative estimate of drug-likeness (QED) is 0.775. The van der Waals surface area contributed by atoms with Gasteiger partial charge in [0, 0.05) is 24.3 Å². The van der Waals surface area contributed by atoms with E-state index in [1.54, 1.807) is 0 Å². The van der Waals surface area contributed by atoms with E-state index in [1.165, 1.54) is 12.8 Å². The fraction of sp³-hybridized carbons (Fsp3) is 0.929. The monoisotopic (exact) mass is 286 g/mol. The molecule has 4 nitrogen and oxygen atoms in total. The number of piperidine rings is 1. The third-order valence-electron chi connectivity index (χ3n) is 4.05. The summed E-state index contributed by atoms with van der Waals surface area (Å²) in [6.45, 7) is 5.97. The van der Waals surface area contributed by atoms with Crippen molar-refractivity contribution >= 4 is 17.7 Å². The molecule has 2 aliphatic rings. The predicted molar refractivity (Wildman–Crippen MR) is 79.5 cm³/mol. The maximum atomic E-state index is 11.8. The van der Waals surface area contributed by atoms with Gasteiger partial charge in [-0.2, -0.15) is 0 Å². The molecule has 0 aromatic heterocycles. The lowest BCUT2D eigenvalue weighted by atomic mass is 10.00. The van der Waals surface area contributed by atoms with Gasteiger partial charge in [-0.05, 0) is 38.8 Å². The van der Waals surface area contributed by atoms with E-state index in [4.69, 9.17) is 4.74 Å². The number of carbonyl (C=O) groups excluding carboxylic acids is 1. The average molecular weight is 286 g/mol. The van der Waals surface area contributed by atoms with Crippen molar-refractivity contribution in [1.29, 1.82) is 0 Å². The van der Waals surface area contributed by atoms with Crippen molar-refractivity contribution in [2.75, 3.05) is 32.0 Å². The molecule has 0 saturated carbocycles. The third kappa shape index (κ3) is 4.97. The zero-order chi connectivity index (χ0) is 13.5. The van der Waals surface area contributed by atoms with Crippen LogP contribution in [0.15, 0.2) is 0 Å². The Kier molecular flexibility index (Phi) is 6.47. The summed E-state index contributed by atoms with van der Waals surface area (Å²) in [7, 11) is 0. The molecule has 2 fully saturated rings. The first-order chi connectivity index (χ1) is 9.29. The molecule has 2 aliphatic heterocycles. The number of hydrogen-bond donors (Lipinski definition) is 2. The fourth-order valence-electron chi connectivity index (χ4n) is 2.83. The topological polar surface area (TPSA) is 50.4 Å². The van der Waals surface area contributed by atoms with Gasteiger partial charge in [-0.15, -0.1) is 11.8 Å². The molecule has 0 aromatic rings. The van der Waals surface area contributed by atoms with E-state index in [2.05, 4.69) is 17.6 Å². The van der Waals surface area contributed by atoms with Crippen molar-refractivity contribution in [2.45, 2.75) is 44.0 Å². The van der Waals surface area contributed by atoms with Gasteiger partial charge in [0.25, 0.3) is 0 Å². The van der Waals surface area contributed by atoms with Gasteiger partial charge < -0.3 is 15.4 Å². The van der Waals surface area contributed by atoms with Gasteiger partial charge in [0.2, 0.25) is 5.91 Å². The molecular formula is C14H26N2O2S. The van der Waals surface area contributed by atoms with Gasteiger partial charge in [-0.3, -0.25) is 4.79 Å². The van der Waals surface area contributed by atoms with Gasteiger partial charge in [0.15, 0.2) is 0 Å². The van der Waals surface area contributed by atoms with E-state index < -0.39 is 0 Å². The van der Waals surface area contributed by atoms with E-state index in [0.717, 1.165) is 39.1 Å². The summed E-state index contributed by atoms with van der Waals surface area (Å²) >= 11 is 1.81. The molecule has 0 aliphatic carbocycles. The van der Waals surface area contributed by atoms with Crippen LogP contribution in [0.4, 0.5) is 0 Å². The first-order valence-corrected chi connectivity index (χ1v) is 8.55. The number of hydrogen-bond acceptors (Lipinski definition) is 4. The molecule has 2 saturated heterocycles. The normalized spacial score (nSPS) is 28.5. The van der Waals surface area contributed by atoms with Crippen LogP contribution in [0.25, 0.3) is 0 Å². The van der Waals surface area contributed by atoms with Crippen LogP contribution in [0.1, 0.15) is 32.6 Å². The van der Waals surface area contributed by atoms with Crippen molar-refractivity contribution in [3.8, 4) is 0 Å². The summed E-state index contributed by atoms with van der Waals surface area (Å²) in [6, 6.07) is 0. The Hall–Kier alpha value is -0.260. The maximum Gasteiger partial charge on any atom is 0.230 e. The van der Waals surface area contributed by atoms with Crippen LogP contribution in [0, 0.1) is 5.92 Å². The predicted octanol–water partition coefficient (Wildman–Crippen LogP) is 1.40. The minimum atomic E-state index is 0.185. The molecule has 2 heterocycles. The summed E-state index contributed by atoms with van der Waals surface area (Å²) in [5, 5.41) is 7.08. The van der Waals surface area contributed by atoms with Crippen molar-refractivity contribution in [2.24, 2.45) is 5.92 Å². The van der Waals surface area contributed by atoms with E-state index >= 15 is 0 Å². The molecule has 2 N–H and O–H groups in total. The Morgan fingerprint density at radius 2 is 2.16 bits per heavy atom. The van der Waals surface area contributed by atoms with Crippen LogP contribution < -0.4 is 10.6 Å². The summed E-state index contributed by atoms with van der Waals surface area (Å²) in [5.74, 6) is 1.30. The lowest BCUT2D eigenvalue weighted by Crippen LogP contribution is -2.35. The number of thioether (sulfide) groups is 1. The second-order valence-electron chi connectivity index (χ2n) is 5.43. The number of ether oxygens (including phenoxy) is 1. The van der Waals surface area contributed by atoms with Crippen LogP contribution in [0.2, 0.25) is 0 Å². The first-order valence-electron chi connectivity index (χ1n) is 7.50. The second-order valence-corrected chi connectivity index (χ2v) is 6.72. The van der Waals surface area contributed by atoms with Gasteiger partial charge in [-0.1, -0.05) is 6.92 Å². The highest BCUT2D eigenvalue weighted by molar-refractivity contribution is 8.00. The highest BCUT2D eigenvalue weighted by Crippen LogP contribution is 2.23. The molecule has 2 unspecified atom stereocenters. The maximum absolute atomic E-state index is 11.8. The molecule has 2 atom stereocenters. The minimum absolute atomic E-state index is 0.185. The zero-order valence-electron chi connectivity index (χ0n) is 11.8. The Morgan fingerprint density at radius 1 is 1.37 bits per heavy atom. The molecule has 2 rings (SSSR count). The molecule has 0 spiro atoms. The van der Waals surface area contributed by atoms with Crippen molar-refractivity contribution in [3.05, 3.63) is 0 Å². The van der Waals surface area contributed by atoms with Crippen LogP contribution >= 0.6 is 11.8 Å². The minimum Gasteiger partial charge on any atom is -0.378 e. The number of rotatable bonds is 6. The summed E-state index contributed by atoms with van der Waals surface area (Å²) in [5.41, 5.74) is 0. The lowest BCUT2D eigenvalue weighted by molar-refractivity contribution is -0.118. The summed E-state index contributed by atoms with van der Waals surface area (Å²) < 4.78 is 5.64. The number of carbonyl (C=O) groups is 1. The number of amides is 1. The molecular weight excluding hydrogens is 260 g/mol. The Morgan fingerprint density at radius 3 is 2.89 bits per heavy atom. The summed E-state index contributed by atoms with van der Waals surface area (Å²) in [6.07, 6.45) is 4.85. The molecule has 1 amide bonds. The Balaban J connectivity index is 1.58. The van der Waals surface area contributed by atoms with Crippen molar-refractivity contribution < 1.29 is 9.53 Å². The third-order valence-corrected chi connectivity index (χ3v) is 5.42. The van der Waals surface area contributed by atoms with E-state index in [0.29, 0.717) is 23.0 Å². The molecule has 110 valence electrons. The molecule has 0 aromatic carbocycles. The summed E-state index contributed by atoms with van der Waals surface area (Å²) in [4.78, 5) is 11.8. The largest absolute Gasteiger partial charge is 0.378 e. The van der Waals surface area contributed by atoms with Crippen LogP contribution in [-0.4, -0.2) is 49.3 Å². The van der Waals surface area contributed by atoms with E-state index in [1.807, 2.05) is 11.8 Å². The molecule has 5 heteroatoms. The second kappa shape index (κ2) is 8.12. The van der Waals surface area contributed by atoms with Gasteiger partial charge in [-0.25, -0.2) is 0 Å². The van der Waals surface area contributed by atoms with E-state index in [9.17, 15) is 4.79 Å². The SMILES string of the molecule is CCC1OCCC1CNC(=O)CSC1CCNCC1. The highest BCUT2D eigenvalue weighted by Gasteiger charge is 2.26. The van der Waals surface area contributed by atoms with Crippen LogP contribution in [-0.2, 0) is 9.53 Å². The first kappa shape index (κ1) is 15.1. The van der Waals surface area contributed by atoms with Crippen LogP contribution in [0.3, 0.4) is 0 Å².